The van der Waals surface area contributed by atoms with Gasteiger partial charge >= 0.3 is 11.4 Å². The minimum absolute atomic E-state index is 0.000535. The lowest BCUT2D eigenvalue weighted by atomic mass is 10.3. The SMILES string of the molecule is C#CCn1c(=O)n(CC#C)n(-c2ccccc2)c1=O. The molecule has 2 rings (SSSR count). The molecule has 94 valence electrons. The summed E-state index contributed by atoms with van der Waals surface area (Å²) >= 11 is 0. The lowest BCUT2D eigenvalue weighted by molar-refractivity contribution is 0.592. The lowest BCUT2D eigenvalue weighted by Crippen LogP contribution is -2.28. The molecule has 19 heavy (non-hydrogen) atoms. The highest BCUT2D eigenvalue weighted by atomic mass is 16.2. The molecule has 0 saturated heterocycles. The van der Waals surface area contributed by atoms with Crippen LogP contribution in [0.1, 0.15) is 0 Å². The summed E-state index contributed by atoms with van der Waals surface area (Å²) in [6.07, 6.45) is 10.4. The molecule has 5 heteroatoms. The summed E-state index contributed by atoms with van der Waals surface area (Å²) in [5, 5.41) is 0. The monoisotopic (exact) mass is 253 g/mol. The molecule has 5 nitrogen and oxygen atoms in total. The number of hydrogen-bond acceptors (Lipinski definition) is 2. The maximum atomic E-state index is 12.2. The van der Waals surface area contributed by atoms with Crippen molar-refractivity contribution in [3.63, 3.8) is 0 Å². The first-order valence-corrected chi connectivity index (χ1v) is 5.55. The summed E-state index contributed by atoms with van der Waals surface area (Å²) in [7, 11) is 0. The molecule has 0 bridgehead atoms. The number of benzene rings is 1. The average molecular weight is 253 g/mol. The fourth-order valence-corrected chi connectivity index (χ4v) is 1.79. The van der Waals surface area contributed by atoms with Crippen molar-refractivity contribution < 1.29 is 0 Å². The quantitative estimate of drug-likeness (QED) is 0.727. The Morgan fingerprint density at radius 1 is 0.947 bits per heavy atom. The van der Waals surface area contributed by atoms with Crippen LogP contribution < -0.4 is 11.4 Å². The lowest BCUT2D eigenvalue weighted by Gasteiger charge is -2.05. The van der Waals surface area contributed by atoms with Crippen molar-refractivity contribution in [1.29, 1.82) is 0 Å². The first kappa shape index (κ1) is 12.5. The van der Waals surface area contributed by atoms with Crippen LogP contribution >= 0.6 is 0 Å². The van der Waals surface area contributed by atoms with Crippen LogP contribution in [-0.4, -0.2) is 13.9 Å². The van der Waals surface area contributed by atoms with E-state index >= 15 is 0 Å². The molecule has 0 unspecified atom stereocenters. The van der Waals surface area contributed by atoms with E-state index in [0.717, 1.165) is 4.57 Å². The van der Waals surface area contributed by atoms with Gasteiger partial charge in [-0.15, -0.1) is 12.8 Å². The normalized spacial score (nSPS) is 9.79. The second-order valence-electron chi connectivity index (χ2n) is 3.76. The topological polar surface area (TPSA) is 48.9 Å². The van der Waals surface area contributed by atoms with Crippen LogP contribution in [-0.2, 0) is 13.1 Å². The van der Waals surface area contributed by atoms with E-state index in [-0.39, 0.29) is 13.1 Å². The van der Waals surface area contributed by atoms with E-state index in [4.69, 9.17) is 12.8 Å². The van der Waals surface area contributed by atoms with E-state index in [9.17, 15) is 9.59 Å². The number of aromatic nitrogens is 3. The van der Waals surface area contributed by atoms with Crippen molar-refractivity contribution in [1.82, 2.24) is 13.9 Å². The Balaban J connectivity index is 2.78. The summed E-state index contributed by atoms with van der Waals surface area (Å²) in [6, 6.07) is 8.79. The van der Waals surface area contributed by atoms with Gasteiger partial charge in [0.15, 0.2) is 0 Å². The minimum atomic E-state index is -0.509. The van der Waals surface area contributed by atoms with Gasteiger partial charge in [-0.25, -0.2) is 18.8 Å². The molecule has 0 atom stereocenters. The van der Waals surface area contributed by atoms with Crippen LogP contribution in [0.5, 0.6) is 0 Å². The van der Waals surface area contributed by atoms with Crippen LogP contribution in [0.4, 0.5) is 0 Å². The first-order valence-electron chi connectivity index (χ1n) is 5.55. The summed E-state index contributed by atoms with van der Waals surface area (Å²) in [6.45, 7) is -0.0807. The second-order valence-corrected chi connectivity index (χ2v) is 3.76. The second kappa shape index (κ2) is 5.16. The summed E-state index contributed by atoms with van der Waals surface area (Å²) in [5.74, 6) is 4.64. The molecule has 0 N–H and O–H groups in total. The van der Waals surface area contributed by atoms with Gasteiger partial charge < -0.3 is 0 Å². The van der Waals surface area contributed by atoms with Crippen molar-refractivity contribution in [2.75, 3.05) is 0 Å². The molecule has 1 aromatic carbocycles. The van der Waals surface area contributed by atoms with Gasteiger partial charge in [-0.1, -0.05) is 30.0 Å². The number of hydrogen-bond donors (Lipinski definition) is 0. The highest BCUT2D eigenvalue weighted by molar-refractivity contribution is 5.29. The number of para-hydroxylation sites is 1. The maximum absolute atomic E-state index is 12.2. The van der Waals surface area contributed by atoms with Gasteiger partial charge in [0.2, 0.25) is 0 Å². The summed E-state index contributed by atoms with van der Waals surface area (Å²) in [4.78, 5) is 24.3. The molecule has 1 heterocycles. The fourth-order valence-electron chi connectivity index (χ4n) is 1.79. The van der Waals surface area contributed by atoms with E-state index in [1.807, 2.05) is 6.07 Å². The number of terminal acetylenes is 2. The van der Waals surface area contributed by atoms with E-state index in [1.165, 1.54) is 9.36 Å². The number of rotatable bonds is 3. The van der Waals surface area contributed by atoms with Crippen molar-refractivity contribution in [2.45, 2.75) is 13.1 Å². The molecule has 0 fully saturated rings. The highest BCUT2D eigenvalue weighted by Crippen LogP contribution is 2.02. The van der Waals surface area contributed by atoms with E-state index in [1.54, 1.807) is 24.3 Å². The van der Waals surface area contributed by atoms with Crippen molar-refractivity contribution >= 4 is 0 Å². The Morgan fingerprint density at radius 2 is 1.58 bits per heavy atom. The standard InChI is InChI=1S/C14H11N3O2/c1-3-10-15-13(18)16(11-4-2)17(14(15)19)12-8-6-5-7-9-12/h1-2,5-9H,10-11H2. The van der Waals surface area contributed by atoms with Crippen LogP contribution in [0.25, 0.3) is 5.69 Å². The Morgan fingerprint density at radius 3 is 2.16 bits per heavy atom. The molecule has 0 spiro atoms. The molecule has 0 saturated carbocycles. The first-order chi connectivity index (χ1) is 9.20. The third kappa shape index (κ3) is 2.10. The average Bonchev–Trinajstić information content (AvgIpc) is 2.65. The highest BCUT2D eigenvalue weighted by Gasteiger charge is 2.15. The van der Waals surface area contributed by atoms with Crippen LogP contribution in [0.15, 0.2) is 39.9 Å². The third-order valence-electron chi connectivity index (χ3n) is 2.60. The van der Waals surface area contributed by atoms with Gasteiger partial charge in [0.1, 0.15) is 6.54 Å². The van der Waals surface area contributed by atoms with Crippen molar-refractivity contribution in [3.05, 3.63) is 51.3 Å². The maximum Gasteiger partial charge on any atom is 0.352 e. The largest absolute Gasteiger partial charge is 0.352 e. The molecule has 0 aliphatic heterocycles. The number of nitrogens with zero attached hydrogens (tertiary/aromatic N) is 3. The third-order valence-corrected chi connectivity index (χ3v) is 2.60. The zero-order valence-corrected chi connectivity index (χ0v) is 10.1. The minimum Gasteiger partial charge on any atom is -0.246 e. The Bertz CT molecular complexity index is 779. The van der Waals surface area contributed by atoms with E-state index < -0.39 is 11.4 Å². The van der Waals surface area contributed by atoms with Crippen LogP contribution in [0.3, 0.4) is 0 Å². The van der Waals surface area contributed by atoms with E-state index in [2.05, 4.69) is 11.8 Å². The van der Waals surface area contributed by atoms with Gasteiger partial charge in [0.05, 0.1) is 12.2 Å². The zero-order valence-electron chi connectivity index (χ0n) is 10.1. The predicted molar refractivity (Wildman–Crippen MR) is 72.0 cm³/mol. The van der Waals surface area contributed by atoms with E-state index in [0.29, 0.717) is 5.69 Å². The zero-order chi connectivity index (χ0) is 13.8. The molecule has 2 aromatic rings. The molecular formula is C14H11N3O2. The fraction of sp³-hybridized carbons (Fsp3) is 0.143. The smallest absolute Gasteiger partial charge is 0.246 e. The molecule has 0 radical (unpaired) electrons. The molecule has 0 amide bonds. The molecule has 1 aromatic heterocycles. The Kier molecular flexibility index (Phi) is 3.40. The van der Waals surface area contributed by atoms with Crippen molar-refractivity contribution in [3.8, 4) is 30.4 Å². The van der Waals surface area contributed by atoms with Gasteiger partial charge in [-0.3, -0.25) is 0 Å². The molecule has 0 aliphatic carbocycles. The van der Waals surface area contributed by atoms with Crippen LogP contribution in [0, 0.1) is 24.7 Å². The van der Waals surface area contributed by atoms with Gasteiger partial charge in [0, 0.05) is 0 Å². The predicted octanol–water partition coefficient (Wildman–Crippen LogP) is 0.0671. The summed E-state index contributed by atoms with van der Waals surface area (Å²) in [5.41, 5.74) is -0.440. The van der Waals surface area contributed by atoms with Gasteiger partial charge in [0.25, 0.3) is 0 Å². The van der Waals surface area contributed by atoms with Gasteiger partial charge in [-0.2, -0.15) is 4.68 Å². The Labute approximate surface area is 109 Å². The van der Waals surface area contributed by atoms with Crippen molar-refractivity contribution in [2.24, 2.45) is 0 Å². The molecular weight excluding hydrogens is 242 g/mol. The summed E-state index contributed by atoms with van der Waals surface area (Å²) < 4.78 is 3.40. The van der Waals surface area contributed by atoms with Gasteiger partial charge in [-0.05, 0) is 12.1 Å². The van der Waals surface area contributed by atoms with Crippen LogP contribution in [0.2, 0.25) is 0 Å². The Hall–Kier alpha value is -2.92. The molecule has 0 aliphatic rings.